The van der Waals surface area contributed by atoms with Crippen LogP contribution in [0.1, 0.15) is 28.7 Å². The largest absolute Gasteiger partial charge is 0.338 e. The summed E-state index contributed by atoms with van der Waals surface area (Å²) in [4.78, 5) is 24.0. The van der Waals surface area contributed by atoms with Crippen LogP contribution in [-0.4, -0.2) is 55.7 Å². The van der Waals surface area contributed by atoms with Gasteiger partial charge in [-0.25, -0.2) is 14.3 Å². The van der Waals surface area contributed by atoms with Gasteiger partial charge in [-0.05, 0) is 54.2 Å². The Balaban J connectivity index is 2.10. The van der Waals surface area contributed by atoms with Crippen LogP contribution in [0.15, 0.2) is 24.3 Å². The first-order chi connectivity index (χ1) is 13.8. The lowest BCUT2D eigenvalue weighted by Crippen LogP contribution is -2.66. The molecule has 0 radical (unpaired) electrons. The number of nitrogens with zero attached hydrogens (tertiary/aromatic N) is 3. The first-order valence-electron chi connectivity index (χ1n) is 7.93. The number of carbonyl (C=O) groups is 2. The summed E-state index contributed by atoms with van der Waals surface area (Å²) in [6.45, 7) is 0.881. The molecule has 1 aromatic carbocycles. The highest BCUT2D eigenvalue weighted by Gasteiger charge is 2.44. The summed E-state index contributed by atoms with van der Waals surface area (Å²) in [5.74, 6) is 8.42. The van der Waals surface area contributed by atoms with Gasteiger partial charge in [0.15, 0.2) is 0 Å². The number of aromatic amines is 1. The van der Waals surface area contributed by atoms with Gasteiger partial charge in [0.05, 0.1) is 0 Å². The van der Waals surface area contributed by atoms with E-state index in [9.17, 15) is 18.4 Å². The van der Waals surface area contributed by atoms with E-state index in [0.717, 1.165) is 6.92 Å². The van der Waals surface area contributed by atoms with Gasteiger partial charge in [0.2, 0.25) is 5.82 Å². The van der Waals surface area contributed by atoms with Gasteiger partial charge in [-0.15, -0.1) is 5.10 Å². The third-order valence-corrected chi connectivity index (χ3v) is 3.68. The zero-order valence-electron chi connectivity index (χ0n) is 14.9. The molecule has 2 aromatic rings. The van der Waals surface area contributed by atoms with E-state index in [-0.39, 0.29) is 11.4 Å². The van der Waals surface area contributed by atoms with Gasteiger partial charge in [0, 0.05) is 11.1 Å². The Morgan fingerprint density at radius 3 is 2.45 bits per heavy atom. The van der Waals surface area contributed by atoms with Crippen LogP contribution in [0.2, 0.25) is 0 Å². The molecule has 0 saturated heterocycles. The SMILES string of the molecule is CC(N)(C(F)F)C(NC(=O)c1ccc(C#CC#Cc2nn[nH]n2)cc1)C(=O)NO. The molecule has 0 fully saturated rings. The number of hydrogen-bond donors (Lipinski definition) is 5. The van der Waals surface area contributed by atoms with Gasteiger partial charge in [-0.2, -0.15) is 5.21 Å². The fraction of sp³-hybridized carbons (Fsp3) is 0.235. The van der Waals surface area contributed by atoms with Crippen molar-refractivity contribution in [1.29, 1.82) is 0 Å². The van der Waals surface area contributed by atoms with Crippen molar-refractivity contribution in [3.05, 3.63) is 41.2 Å². The summed E-state index contributed by atoms with van der Waals surface area (Å²) < 4.78 is 26.3. The van der Waals surface area contributed by atoms with Gasteiger partial charge in [0.1, 0.15) is 11.6 Å². The van der Waals surface area contributed by atoms with Crippen molar-refractivity contribution < 1.29 is 23.6 Å². The van der Waals surface area contributed by atoms with Gasteiger partial charge >= 0.3 is 0 Å². The minimum atomic E-state index is -3.14. The van der Waals surface area contributed by atoms with Crippen LogP contribution in [0.25, 0.3) is 0 Å². The van der Waals surface area contributed by atoms with Crippen LogP contribution in [0.5, 0.6) is 0 Å². The predicted molar refractivity (Wildman–Crippen MR) is 94.2 cm³/mol. The lowest BCUT2D eigenvalue weighted by molar-refractivity contribution is -0.134. The van der Waals surface area contributed by atoms with Gasteiger partial charge < -0.3 is 11.1 Å². The summed E-state index contributed by atoms with van der Waals surface area (Å²) >= 11 is 0. The molecule has 0 aliphatic rings. The Bertz CT molecular complexity index is 984. The van der Waals surface area contributed by atoms with Crippen LogP contribution in [0.4, 0.5) is 8.78 Å². The van der Waals surface area contributed by atoms with Crippen LogP contribution in [0.3, 0.4) is 0 Å². The summed E-state index contributed by atoms with van der Waals surface area (Å²) in [5, 5.41) is 23.7. The molecule has 10 nitrogen and oxygen atoms in total. The third-order valence-electron chi connectivity index (χ3n) is 3.68. The number of rotatable bonds is 5. The van der Waals surface area contributed by atoms with E-state index >= 15 is 0 Å². The molecule has 0 bridgehead atoms. The summed E-state index contributed by atoms with van der Waals surface area (Å²) in [6.07, 6.45) is -3.14. The molecule has 29 heavy (non-hydrogen) atoms. The quantitative estimate of drug-likeness (QED) is 0.248. The summed E-state index contributed by atoms with van der Waals surface area (Å²) in [6, 6.07) is 3.85. The summed E-state index contributed by atoms with van der Waals surface area (Å²) in [7, 11) is 0. The zero-order chi connectivity index (χ0) is 21.4. The number of H-pyrrole nitrogens is 1. The number of hydroxylamine groups is 1. The topological polar surface area (TPSA) is 159 Å². The Kier molecular flexibility index (Phi) is 6.92. The Morgan fingerprint density at radius 1 is 1.24 bits per heavy atom. The number of carbonyl (C=O) groups excluding carboxylic acids is 2. The molecule has 0 spiro atoms. The maximum atomic E-state index is 13.1. The van der Waals surface area contributed by atoms with Crippen LogP contribution >= 0.6 is 0 Å². The average molecular weight is 403 g/mol. The molecule has 2 atom stereocenters. The number of tetrazole rings is 1. The van der Waals surface area contributed by atoms with E-state index in [1.807, 2.05) is 0 Å². The van der Waals surface area contributed by atoms with Crippen molar-refractivity contribution in [3.8, 4) is 23.7 Å². The molecule has 1 aromatic heterocycles. The number of alkyl halides is 2. The number of benzene rings is 1. The minimum absolute atomic E-state index is 0.0641. The van der Waals surface area contributed by atoms with Crippen molar-refractivity contribution in [2.45, 2.75) is 24.9 Å². The second-order valence-corrected chi connectivity index (χ2v) is 5.86. The third kappa shape index (κ3) is 5.55. The van der Waals surface area contributed by atoms with Crippen LogP contribution in [0, 0.1) is 23.7 Å². The maximum absolute atomic E-state index is 13.1. The van der Waals surface area contributed by atoms with Crippen molar-refractivity contribution in [3.63, 3.8) is 0 Å². The van der Waals surface area contributed by atoms with Gasteiger partial charge in [0.25, 0.3) is 18.2 Å². The van der Waals surface area contributed by atoms with E-state index < -0.39 is 29.8 Å². The van der Waals surface area contributed by atoms with E-state index in [0.29, 0.717) is 5.56 Å². The Hall–Kier alpha value is -3.87. The fourth-order valence-electron chi connectivity index (χ4n) is 2.02. The molecular formula is C17H15F2N7O3. The second-order valence-electron chi connectivity index (χ2n) is 5.86. The smallest absolute Gasteiger partial charge is 0.268 e. The molecule has 12 heteroatoms. The first-order valence-corrected chi connectivity index (χ1v) is 7.93. The lowest BCUT2D eigenvalue weighted by atomic mass is 9.92. The monoisotopic (exact) mass is 403 g/mol. The molecule has 2 amide bonds. The highest BCUT2D eigenvalue weighted by Crippen LogP contribution is 2.18. The van der Waals surface area contributed by atoms with Crippen molar-refractivity contribution in [1.82, 2.24) is 31.4 Å². The number of amides is 2. The Morgan fingerprint density at radius 2 is 1.90 bits per heavy atom. The number of hydrogen-bond acceptors (Lipinski definition) is 7. The van der Waals surface area contributed by atoms with Crippen molar-refractivity contribution >= 4 is 11.8 Å². The number of halogens is 2. The second kappa shape index (κ2) is 9.36. The average Bonchev–Trinajstić information content (AvgIpc) is 3.22. The van der Waals surface area contributed by atoms with Crippen LogP contribution < -0.4 is 16.5 Å². The number of aromatic nitrogens is 4. The molecule has 0 aliphatic heterocycles. The molecule has 2 rings (SSSR count). The molecule has 1 heterocycles. The highest BCUT2D eigenvalue weighted by atomic mass is 19.3. The molecule has 6 N–H and O–H groups in total. The molecule has 0 saturated carbocycles. The van der Waals surface area contributed by atoms with E-state index in [4.69, 9.17) is 10.9 Å². The Labute approximate surface area is 163 Å². The number of nitrogens with one attached hydrogen (secondary N) is 3. The van der Waals surface area contributed by atoms with E-state index in [1.54, 1.807) is 0 Å². The summed E-state index contributed by atoms with van der Waals surface area (Å²) in [5.41, 5.74) is 4.84. The van der Waals surface area contributed by atoms with E-state index in [1.165, 1.54) is 29.7 Å². The first kappa shape index (κ1) is 21.4. The highest BCUT2D eigenvalue weighted by molar-refractivity contribution is 5.98. The number of nitrogens with two attached hydrogens (primary N) is 1. The van der Waals surface area contributed by atoms with Crippen molar-refractivity contribution in [2.24, 2.45) is 5.73 Å². The molecular weight excluding hydrogens is 388 g/mol. The van der Waals surface area contributed by atoms with Gasteiger partial charge in [-0.3, -0.25) is 14.8 Å². The standard InChI is InChI=1S/C17H15F2N7O3/c1-17(20,16(18)19)13(15(28)24-29)21-14(27)11-8-6-10(7-9-11)4-2-3-5-12-22-25-26-23-12/h6-9,13,16,29H,20H2,1H3,(H,21,27)(H,24,28)(H,22,23,25,26). The van der Waals surface area contributed by atoms with E-state index in [2.05, 4.69) is 49.6 Å². The predicted octanol–water partition coefficient (Wildman–Crippen LogP) is -0.811. The zero-order valence-corrected chi connectivity index (χ0v) is 14.9. The molecule has 150 valence electrons. The fourth-order valence-corrected chi connectivity index (χ4v) is 2.02. The lowest BCUT2D eigenvalue weighted by Gasteiger charge is -2.32. The minimum Gasteiger partial charge on any atom is -0.338 e. The maximum Gasteiger partial charge on any atom is 0.268 e. The molecule has 0 aliphatic carbocycles. The van der Waals surface area contributed by atoms with Crippen molar-refractivity contribution in [2.75, 3.05) is 0 Å². The molecule has 2 unspecified atom stereocenters. The van der Waals surface area contributed by atoms with Crippen LogP contribution in [-0.2, 0) is 4.79 Å². The normalized spacial score (nSPS) is 13.2. The van der Waals surface area contributed by atoms with Gasteiger partial charge in [-0.1, -0.05) is 11.0 Å².